The van der Waals surface area contributed by atoms with Crippen molar-refractivity contribution >= 4 is 5.91 Å². The summed E-state index contributed by atoms with van der Waals surface area (Å²) in [6.07, 6.45) is -3.94. The summed E-state index contributed by atoms with van der Waals surface area (Å²) >= 11 is 0. The van der Waals surface area contributed by atoms with Crippen LogP contribution in [0.1, 0.15) is 38.6 Å². The summed E-state index contributed by atoms with van der Waals surface area (Å²) in [7, 11) is 0. The van der Waals surface area contributed by atoms with Gasteiger partial charge in [0.1, 0.15) is 0 Å². The summed E-state index contributed by atoms with van der Waals surface area (Å²) in [4.78, 5) is 11.8. The van der Waals surface area contributed by atoms with Crippen LogP contribution in [-0.4, -0.2) is 28.3 Å². The van der Waals surface area contributed by atoms with Crippen LogP contribution < -0.4 is 11.1 Å². The van der Waals surface area contributed by atoms with Gasteiger partial charge in [-0.25, -0.2) is 0 Å². The van der Waals surface area contributed by atoms with Gasteiger partial charge in [-0.1, -0.05) is 20.8 Å². The predicted octanol–water partition coefficient (Wildman–Crippen LogP) is 2.09. The smallest absolute Gasteiger partial charge is 0.353 e. The lowest BCUT2D eigenvalue weighted by Gasteiger charge is -2.22. The summed E-state index contributed by atoms with van der Waals surface area (Å²) in [5.74, 6) is -0.309. The third-order valence-corrected chi connectivity index (χ3v) is 3.06. The summed E-state index contributed by atoms with van der Waals surface area (Å²) in [5.41, 5.74) is 5.18. The molecule has 1 amide bonds. The number of aryl methyl sites for hydroxylation is 1. The van der Waals surface area contributed by atoms with E-state index < -0.39 is 17.9 Å². The molecule has 126 valence electrons. The van der Waals surface area contributed by atoms with E-state index in [0.717, 1.165) is 6.07 Å². The molecule has 0 unspecified atom stereocenters. The Morgan fingerprint density at radius 2 is 2.00 bits per heavy atom. The molecule has 0 aliphatic carbocycles. The first-order chi connectivity index (χ1) is 9.90. The lowest BCUT2D eigenvalue weighted by molar-refractivity contribution is -0.141. The lowest BCUT2D eigenvalue weighted by Crippen LogP contribution is -2.43. The Bertz CT molecular complexity index is 517. The van der Waals surface area contributed by atoms with Crippen molar-refractivity contribution in [2.24, 2.45) is 11.1 Å². The number of carbonyl (C=O) groups excluding carboxylic acids is 1. The van der Waals surface area contributed by atoms with Crippen LogP contribution in [0.2, 0.25) is 0 Å². The van der Waals surface area contributed by atoms with E-state index in [9.17, 15) is 18.0 Å². The molecule has 1 aromatic rings. The van der Waals surface area contributed by atoms with Gasteiger partial charge in [0, 0.05) is 12.2 Å². The number of amides is 1. The molecule has 22 heavy (non-hydrogen) atoms. The number of aromatic nitrogens is 2. The highest BCUT2D eigenvalue weighted by Crippen LogP contribution is 2.28. The van der Waals surface area contributed by atoms with E-state index in [1.165, 1.54) is 11.6 Å². The van der Waals surface area contributed by atoms with Crippen LogP contribution in [0.15, 0.2) is 6.07 Å². The molecule has 0 aromatic carbocycles. The molecule has 0 fully saturated rings. The van der Waals surface area contributed by atoms with Gasteiger partial charge in [-0.2, -0.15) is 18.3 Å². The number of hydrogen-bond donors (Lipinski definition) is 2. The van der Waals surface area contributed by atoms with E-state index in [1.54, 1.807) is 0 Å². The number of halogens is 3. The summed E-state index contributed by atoms with van der Waals surface area (Å²) < 4.78 is 38.8. The van der Waals surface area contributed by atoms with E-state index in [4.69, 9.17) is 5.73 Å². The minimum atomic E-state index is -4.46. The number of alkyl halides is 3. The first kappa shape index (κ1) is 18.5. The highest BCUT2D eigenvalue weighted by Gasteiger charge is 2.34. The summed E-state index contributed by atoms with van der Waals surface area (Å²) in [5, 5.41) is 6.11. The fourth-order valence-electron chi connectivity index (χ4n) is 2.04. The molecular formula is C14H23F3N4O. The number of nitrogens with two attached hydrogens (primary N) is 1. The topological polar surface area (TPSA) is 72.9 Å². The van der Waals surface area contributed by atoms with Gasteiger partial charge in [0.05, 0.1) is 12.6 Å². The van der Waals surface area contributed by atoms with Gasteiger partial charge in [-0.05, 0) is 24.8 Å². The molecule has 3 N–H and O–H groups in total. The van der Waals surface area contributed by atoms with Gasteiger partial charge in [-0.15, -0.1) is 0 Å². The second-order valence-corrected chi connectivity index (χ2v) is 6.55. The fraction of sp³-hybridized carbons (Fsp3) is 0.714. The Hall–Kier alpha value is -1.57. The van der Waals surface area contributed by atoms with Crippen LogP contribution in [0.25, 0.3) is 0 Å². The van der Waals surface area contributed by atoms with Gasteiger partial charge >= 0.3 is 6.18 Å². The van der Waals surface area contributed by atoms with Gasteiger partial charge in [-0.3, -0.25) is 9.48 Å². The third kappa shape index (κ3) is 5.67. The minimum absolute atomic E-state index is 0.0725. The molecule has 8 heteroatoms. The number of carbonyl (C=O) groups is 1. The molecule has 1 rings (SSSR count). The maximum atomic E-state index is 12.5. The van der Waals surface area contributed by atoms with Gasteiger partial charge in [0.2, 0.25) is 5.91 Å². The Balaban J connectivity index is 2.51. The minimum Gasteiger partial charge on any atom is -0.353 e. The number of rotatable bonds is 5. The van der Waals surface area contributed by atoms with E-state index in [2.05, 4.69) is 10.4 Å². The Morgan fingerprint density at radius 3 is 2.45 bits per heavy atom. The quantitative estimate of drug-likeness (QED) is 0.872. The van der Waals surface area contributed by atoms with Crippen LogP contribution in [0.5, 0.6) is 0 Å². The standard InChI is InChI=1S/C14H23F3N4O/c1-9-7-11(14(15,16)17)20-21(9)6-5-19-12(22)10(18)8-13(2,3)4/h7,10H,5-6,8,18H2,1-4H3,(H,19,22)/t10-/m1/s1. The summed E-state index contributed by atoms with van der Waals surface area (Å²) in [6.45, 7) is 7.81. The monoisotopic (exact) mass is 320 g/mol. The molecule has 5 nitrogen and oxygen atoms in total. The molecule has 1 heterocycles. The molecule has 1 atom stereocenters. The maximum absolute atomic E-state index is 12.5. The molecule has 0 saturated heterocycles. The highest BCUT2D eigenvalue weighted by atomic mass is 19.4. The molecule has 1 aromatic heterocycles. The molecule has 0 radical (unpaired) electrons. The first-order valence-corrected chi connectivity index (χ1v) is 7.05. The number of nitrogens with zero attached hydrogens (tertiary/aromatic N) is 2. The van der Waals surface area contributed by atoms with Crippen LogP contribution in [0.3, 0.4) is 0 Å². The predicted molar refractivity (Wildman–Crippen MR) is 77.0 cm³/mol. The molecule has 0 aliphatic heterocycles. The van der Waals surface area contributed by atoms with Gasteiger partial charge in [0.25, 0.3) is 0 Å². The second-order valence-electron chi connectivity index (χ2n) is 6.55. The molecule has 0 spiro atoms. The van der Waals surface area contributed by atoms with Crippen molar-refractivity contribution in [3.05, 3.63) is 17.5 Å². The zero-order chi connectivity index (χ0) is 17.1. The zero-order valence-electron chi connectivity index (χ0n) is 13.3. The lowest BCUT2D eigenvalue weighted by atomic mass is 9.88. The normalized spacial score (nSPS) is 14.0. The van der Waals surface area contributed by atoms with Crippen molar-refractivity contribution in [1.29, 1.82) is 0 Å². The largest absolute Gasteiger partial charge is 0.435 e. The third-order valence-electron chi connectivity index (χ3n) is 3.06. The van der Waals surface area contributed by atoms with E-state index in [1.807, 2.05) is 20.8 Å². The van der Waals surface area contributed by atoms with E-state index in [-0.39, 0.29) is 24.4 Å². The zero-order valence-corrected chi connectivity index (χ0v) is 13.3. The van der Waals surface area contributed by atoms with Crippen LogP contribution in [0, 0.1) is 12.3 Å². The highest BCUT2D eigenvalue weighted by molar-refractivity contribution is 5.81. The van der Waals surface area contributed by atoms with Crippen molar-refractivity contribution in [2.45, 2.75) is 52.9 Å². The molecule has 0 aliphatic rings. The average Bonchev–Trinajstić information content (AvgIpc) is 2.68. The van der Waals surface area contributed by atoms with Crippen LogP contribution in [0.4, 0.5) is 13.2 Å². The Labute approximate surface area is 128 Å². The second kappa shape index (κ2) is 6.68. The average molecular weight is 320 g/mol. The number of nitrogens with one attached hydrogen (secondary N) is 1. The van der Waals surface area contributed by atoms with Crippen molar-refractivity contribution in [2.75, 3.05) is 6.54 Å². The Morgan fingerprint density at radius 1 is 1.41 bits per heavy atom. The van der Waals surface area contributed by atoms with E-state index >= 15 is 0 Å². The van der Waals surface area contributed by atoms with Crippen LogP contribution in [-0.2, 0) is 17.5 Å². The van der Waals surface area contributed by atoms with Crippen molar-refractivity contribution in [3.8, 4) is 0 Å². The summed E-state index contributed by atoms with van der Waals surface area (Å²) in [6, 6.07) is 0.345. The van der Waals surface area contributed by atoms with Crippen molar-refractivity contribution in [3.63, 3.8) is 0 Å². The Kier molecular flexibility index (Phi) is 5.61. The molecule has 0 bridgehead atoms. The SMILES string of the molecule is Cc1cc(C(F)(F)F)nn1CCNC(=O)[C@H](N)CC(C)(C)C. The maximum Gasteiger partial charge on any atom is 0.435 e. The first-order valence-electron chi connectivity index (χ1n) is 7.05. The van der Waals surface area contributed by atoms with Crippen molar-refractivity contribution in [1.82, 2.24) is 15.1 Å². The van der Waals surface area contributed by atoms with Gasteiger partial charge in [0.15, 0.2) is 5.69 Å². The van der Waals surface area contributed by atoms with E-state index in [0.29, 0.717) is 12.1 Å². The van der Waals surface area contributed by atoms with Crippen LogP contribution >= 0.6 is 0 Å². The van der Waals surface area contributed by atoms with Crippen molar-refractivity contribution < 1.29 is 18.0 Å². The molecular weight excluding hydrogens is 297 g/mol. The fourth-order valence-corrected chi connectivity index (χ4v) is 2.04. The molecule has 0 saturated carbocycles. The number of hydrogen-bond acceptors (Lipinski definition) is 3. The van der Waals surface area contributed by atoms with Gasteiger partial charge < -0.3 is 11.1 Å².